The number of sulfonamides is 1. The van der Waals surface area contributed by atoms with Gasteiger partial charge in [-0.15, -0.1) is 0 Å². The van der Waals surface area contributed by atoms with Crippen LogP contribution in [0.25, 0.3) is 5.83 Å². The average molecular weight is 411 g/mol. The number of benzene rings is 1. The molecule has 0 aliphatic heterocycles. The summed E-state index contributed by atoms with van der Waals surface area (Å²) in [7, 11) is -4.21. The Balaban J connectivity index is 1.79. The van der Waals surface area contributed by atoms with Crippen molar-refractivity contribution in [1.29, 1.82) is 0 Å². The molecule has 1 aromatic heterocycles. The lowest BCUT2D eigenvalue weighted by molar-refractivity contribution is 0.0571. The molecule has 0 saturated heterocycles. The molecule has 2 atom stereocenters. The molecule has 150 valence electrons. The molecule has 3 rings (SSSR count). The number of anilines is 2. The summed E-state index contributed by atoms with van der Waals surface area (Å²) in [6.07, 6.45) is 1.96. The molecular weight excluding hydrogens is 387 g/mol. The van der Waals surface area contributed by atoms with E-state index in [1.807, 2.05) is 0 Å². The van der Waals surface area contributed by atoms with Crippen molar-refractivity contribution in [2.75, 3.05) is 12.3 Å². The van der Waals surface area contributed by atoms with Gasteiger partial charge in [-0.05, 0) is 50.5 Å². The van der Waals surface area contributed by atoms with Crippen LogP contribution in [0.15, 0.2) is 41.9 Å². The molecule has 1 saturated carbocycles. The van der Waals surface area contributed by atoms with E-state index in [-0.39, 0.29) is 22.3 Å². The standard InChI is InChI=1S/C18H21FN4O4S/c1-11(19)14-10-21-18(23-17(14)27-16-5-3-4-15(16)24)22-12-6-8-13(9-7-12)28(25,26)20-2/h6-10,15-16,20,24H,1,3-5H2,2H3,(H,21,22,23)/t15-,16+/m0/s1/i2D3. The second kappa shape index (κ2) is 8.21. The summed E-state index contributed by atoms with van der Waals surface area (Å²) in [4.78, 5) is 7.91. The van der Waals surface area contributed by atoms with Crippen LogP contribution in [0, 0.1) is 0 Å². The zero-order chi connectivity index (χ0) is 22.8. The number of aliphatic hydroxyl groups excluding tert-OH is 1. The van der Waals surface area contributed by atoms with Crippen LogP contribution in [0.2, 0.25) is 0 Å². The van der Waals surface area contributed by atoms with Gasteiger partial charge in [-0.1, -0.05) is 6.58 Å². The fraction of sp³-hybridized carbons (Fsp3) is 0.333. The zero-order valence-electron chi connectivity index (χ0n) is 17.7. The molecule has 10 heteroatoms. The Morgan fingerprint density at radius 3 is 2.75 bits per heavy atom. The smallest absolute Gasteiger partial charge is 0.240 e. The van der Waals surface area contributed by atoms with Crippen molar-refractivity contribution in [1.82, 2.24) is 14.7 Å². The van der Waals surface area contributed by atoms with Gasteiger partial charge in [0.25, 0.3) is 0 Å². The van der Waals surface area contributed by atoms with Gasteiger partial charge in [0.15, 0.2) is 0 Å². The monoisotopic (exact) mass is 411 g/mol. The van der Waals surface area contributed by atoms with Crippen molar-refractivity contribution in [3.05, 3.63) is 42.6 Å². The highest BCUT2D eigenvalue weighted by atomic mass is 32.2. The van der Waals surface area contributed by atoms with Gasteiger partial charge in [-0.25, -0.2) is 22.5 Å². The van der Waals surface area contributed by atoms with Crippen molar-refractivity contribution >= 4 is 27.5 Å². The molecule has 0 amide bonds. The number of halogens is 1. The van der Waals surface area contributed by atoms with Crippen LogP contribution in [-0.4, -0.2) is 42.7 Å². The number of ether oxygens (including phenoxy) is 1. The normalized spacial score (nSPS) is 21.4. The molecule has 28 heavy (non-hydrogen) atoms. The van der Waals surface area contributed by atoms with E-state index in [1.165, 1.54) is 30.5 Å². The lowest BCUT2D eigenvalue weighted by atomic mass is 10.2. The molecule has 1 aliphatic rings. The van der Waals surface area contributed by atoms with Gasteiger partial charge in [0, 0.05) is 16.0 Å². The number of nitrogens with zero attached hydrogens (tertiary/aromatic N) is 2. The summed E-state index contributed by atoms with van der Waals surface area (Å²) in [5.74, 6) is -0.814. The molecule has 0 spiro atoms. The molecule has 0 unspecified atom stereocenters. The predicted molar refractivity (Wildman–Crippen MR) is 102 cm³/mol. The van der Waals surface area contributed by atoms with Crippen molar-refractivity contribution in [3.63, 3.8) is 0 Å². The second-order valence-corrected chi connectivity index (χ2v) is 7.91. The summed E-state index contributed by atoms with van der Waals surface area (Å²) in [6.45, 7) is 0.387. The average Bonchev–Trinajstić information content (AvgIpc) is 3.05. The topological polar surface area (TPSA) is 113 Å². The molecule has 3 N–H and O–H groups in total. The maximum Gasteiger partial charge on any atom is 0.240 e. The highest BCUT2D eigenvalue weighted by molar-refractivity contribution is 7.89. The Bertz CT molecular complexity index is 1060. The highest BCUT2D eigenvalue weighted by Gasteiger charge is 2.28. The Labute approximate surface area is 166 Å². The summed E-state index contributed by atoms with van der Waals surface area (Å²) < 4.78 is 66.3. The van der Waals surface area contributed by atoms with E-state index >= 15 is 0 Å². The lowest BCUT2D eigenvalue weighted by Crippen LogP contribution is -2.26. The maximum atomic E-state index is 13.8. The number of hydrogen-bond acceptors (Lipinski definition) is 7. The number of rotatable bonds is 7. The predicted octanol–water partition coefficient (Wildman–Crippen LogP) is 2.36. The largest absolute Gasteiger partial charge is 0.471 e. The zero-order valence-corrected chi connectivity index (χ0v) is 15.5. The Morgan fingerprint density at radius 2 is 2.14 bits per heavy atom. The molecule has 0 radical (unpaired) electrons. The van der Waals surface area contributed by atoms with Crippen LogP contribution < -0.4 is 14.8 Å². The first-order valence-electron chi connectivity index (χ1n) is 9.92. The number of aromatic nitrogens is 2. The van der Waals surface area contributed by atoms with Crippen LogP contribution >= 0.6 is 0 Å². The van der Waals surface area contributed by atoms with E-state index in [1.54, 1.807) is 4.72 Å². The molecule has 2 aromatic rings. The van der Waals surface area contributed by atoms with Gasteiger partial charge in [-0.2, -0.15) is 4.98 Å². The van der Waals surface area contributed by atoms with Gasteiger partial charge < -0.3 is 15.2 Å². The lowest BCUT2D eigenvalue weighted by Gasteiger charge is -2.18. The fourth-order valence-electron chi connectivity index (χ4n) is 2.80. The summed E-state index contributed by atoms with van der Waals surface area (Å²) >= 11 is 0. The van der Waals surface area contributed by atoms with Gasteiger partial charge in [0.2, 0.25) is 21.9 Å². The van der Waals surface area contributed by atoms with Crippen LogP contribution in [0.4, 0.5) is 16.0 Å². The molecule has 1 aromatic carbocycles. The van der Waals surface area contributed by atoms with Crippen LogP contribution in [0.1, 0.15) is 28.9 Å². The van der Waals surface area contributed by atoms with E-state index in [9.17, 15) is 17.9 Å². The molecule has 1 aliphatic carbocycles. The summed E-state index contributed by atoms with van der Waals surface area (Å²) in [6, 6.07) is 5.20. The van der Waals surface area contributed by atoms with Gasteiger partial charge in [0.05, 0.1) is 16.6 Å². The molecule has 8 nitrogen and oxygen atoms in total. The van der Waals surface area contributed by atoms with E-state index in [4.69, 9.17) is 8.85 Å². The number of aliphatic hydroxyl groups is 1. The number of hydrogen-bond donors (Lipinski definition) is 3. The highest BCUT2D eigenvalue weighted by Crippen LogP contribution is 2.30. The first-order chi connectivity index (χ1) is 14.4. The van der Waals surface area contributed by atoms with Gasteiger partial charge in [-0.3, -0.25) is 0 Å². The third-order valence-corrected chi connectivity index (χ3v) is 5.44. The van der Waals surface area contributed by atoms with Crippen LogP contribution in [-0.2, 0) is 10.0 Å². The molecule has 1 fully saturated rings. The minimum absolute atomic E-state index is 0.0400. The van der Waals surface area contributed by atoms with E-state index in [0.717, 1.165) is 6.42 Å². The third-order valence-electron chi connectivity index (χ3n) is 4.28. The van der Waals surface area contributed by atoms with Crippen molar-refractivity contribution in [2.24, 2.45) is 0 Å². The van der Waals surface area contributed by atoms with Crippen LogP contribution in [0.3, 0.4) is 0 Å². The Kier molecular flexibility index (Phi) is 4.81. The molecule has 0 bridgehead atoms. The first kappa shape index (κ1) is 16.4. The quantitative estimate of drug-likeness (QED) is 0.641. The third kappa shape index (κ3) is 4.46. The number of nitrogens with one attached hydrogen (secondary N) is 2. The van der Waals surface area contributed by atoms with Crippen LogP contribution in [0.5, 0.6) is 5.88 Å². The van der Waals surface area contributed by atoms with E-state index in [2.05, 4.69) is 21.9 Å². The Hall–Kier alpha value is -2.56. The van der Waals surface area contributed by atoms with E-state index in [0.29, 0.717) is 18.5 Å². The molecular formula is C18H21FN4O4S. The van der Waals surface area contributed by atoms with Crippen molar-refractivity contribution in [3.8, 4) is 5.88 Å². The fourth-order valence-corrected chi connectivity index (χ4v) is 3.41. The minimum Gasteiger partial charge on any atom is -0.471 e. The van der Waals surface area contributed by atoms with Crippen molar-refractivity contribution < 1.29 is 26.8 Å². The van der Waals surface area contributed by atoms with Gasteiger partial charge >= 0.3 is 0 Å². The van der Waals surface area contributed by atoms with Gasteiger partial charge in [0.1, 0.15) is 11.9 Å². The first-order valence-corrected chi connectivity index (χ1v) is 9.90. The second-order valence-electron chi connectivity index (χ2n) is 6.23. The maximum absolute atomic E-state index is 13.8. The minimum atomic E-state index is -4.21. The summed E-state index contributed by atoms with van der Waals surface area (Å²) in [5, 5.41) is 12.8. The van der Waals surface area contributed by atoms with E-state index < -0.39 is 35.0 Å². The van der Waals surface area contributed by atoms with Crippen molar-refractivity contribution in [2.45, 2.75) is 36.4 Å². The molecule has 1 heterocycles. The Morgan fingerprint density at radius 1 is 1.39 bits per heavy atom. The summed E-state index contributed by atoms with van der Waals surface area (Å²) in [5.41, 5.74) is 0.355. The SMILES string of the molecule is [2H]C([2H])([2H])NS(=O)(=O)c1ccc(Nc2ncc(C(=C)F)c(O[C@@H]3CCC[C@@H]3O)n2)cc1.